The van der Waals surface area contributed by atoms with Gasteiger partial charge in [0.15, 0.2) is 0 Å². The van der Waals surface area contributed by atoms with Crippen LogP contribution in [0.2, 0.25) is 5.02 Å². The number of nitrogens with one attached hydrogen (secondary N) is 1. The zero-order valence-electron chi connectivity index (χ0n) is 9.66. The average Bonchev–Trinajstić information content (AvgIpc) is 2.25. The SMILES string of the molecule is CCC1(Nc2ncc(C(=O)O)cc2Cl)CCC1. The molecule has 1 aromatic rings. The van der Waals surface area contributed by atoms with Crippen molar-refractivity contribution in [3.63, 3.8) is 0 Å². The average molecular weight is 255 g/mol. The number of carbonyl (C=O) groups is 1. The molecule has 1 saturated carbocycles. The predicted octanol–water partition coefficient (Wildman–Crippen LogP) is 3.18. The van der Waals surface area contributed by atoms with E-state index in [2.05, 4.69) is 17.2 Å². The zero-order valence-corrected chi connectivity index (χ0v) is 10.4. The quantitative estimate of drug-likeness (QED) is 0.866. The molecule has 5 heteroatoms. The van der Waals surface area contributed by atoms with Crippen molar-refractivity contribution in [1.29, 1.82) is 0 Å². The minimum atomic E-state index is -1.01. The van der Waals surface area contributed by atoms with Crippen molar-refractivity contribution in [1.82, 2.24) is 4.98 Å². The smallest absolute Gasteiger partial charge is 0.337 e. The van der Waals surface area contributed by atoms with Gasteiger partial charge in [-0.05, 0) is 31.7 Å². The van der Waals surface area contributed by atoms with Crippen LogP contribution in [0.25, 0.3) is 0 Å². The normalized spacial score (nSPS) is 17.3. The maximum Gasteiger partial charge on any atom is 0.337 e. The van der Waals surface area contributed by atoms with Gasteiger partial charge in [-0.15, -0.1) is 0 Å². The number of nitrogens with zero attached hydrogens (tertiary/aromatic N) is 1. The Kier molecular flexibility index (Phi) is 3.24. The lowest BCUT2D eigenvalue weighted by molar-refractivity contribution is 0.0696. The fraction of sp³-hybridized carbons (Fsp3) is 0.500. The van der Waals surface area contributed by atoms with Crippen LogP contribution in [0.5, 0.6) is 0 Å². The number of aromatic nitrogens is 1. The van der Waals surface area contributed by atoms with Gasteiger partial charge in [-0.3, -0.25) is 0 Å². The Balaban J connectivity index is 2.19. The molecule has 0 amide bonds. The van der Waals surface area contributed by atoms with E-state index in [-0.39, 0.29) is 11.1 Å². The summed E-state index contributed by atoms with van der Waals surface area (Å²) in [5.41, 5.74) is 0.209. The lowest BCUT2D eigenvalue weighted by atomic mass is 9.75. The van der Waals surface area contributed by atoms with Crippen LogP contribution >= 0.6 is 11.6 Å². The molecule has 0 bridgehead atoms. The van der Waals surface area contributed by atoms with Gasteiger partial charge >= 0.3 is 5.97 Å². The first kappa shape index (κ1) is 12.2. The van der Waals surface area contributed by atoms with Crippen LogP contribution in [0.4, 0.5) is 5.82 Å². The van der Waals surface area contributed by atoms with Crippen LogP contribution in [0.15, 0.2) is 12.3 Å². The maximum atomic E-state index is 10.8. The lowest BCUT2D eigenvalue weighted by Gasteiger charge is -2.42. The molecule has 1 aliphatic rings. The van der Waals surface area contributed by atoms with Crippen molar-refractivity contribution in [3.8, 4) is 0 Å². The summed E-state index contributed by atoms with van der Waals surface area (Å²) in [6, 6.07) is 1.43. The Labute approximate surface area is 105 Å². The Morgan fingerprint density at radius 1 is 1.65 bits per heavy atom. The van der Waals surface area contributed by atoms with E-state index in [1.165, 1.54) is 18.7 Å². The number of carboxylic acids is 1. The number of pyridine rings is 1. The van der Waals surface area contributed by atoms with Gasteiger partial charge in [0, 0.05) is 11.7 Å². The van der Waals surface area contributed by atoms with E-state index in [0.29, 0.717) is 10.8 Å². The first-order chi connectivity index (χ1) is 8.06. The summed E-state index contributed by atoms with van der Waals surface area (Å²) in [7, 11) is 0. The molecule has 0 aliphatic heterocycles. The van der Waals surface area contributed by atoms with Gasteiger partial charge in [0.2, 0.25) is 0 Å². The fourth-order valence-corrected chi connectivity index (χ4v) is 2.28. The third kappa shape index (κ3) is 2.36. The molecule has 1 aliphatic carbocycles. The molecule has 92 valence electrons. The van der Waals surface area contributed by atoms with Crippen LogP contribution in [-0.4, -0.2) is 21.6 Å². The number of aromatic carboxylic acids is 1. The van der Waals surface area contributed by atoms with Crippen LogP contribution in [0.1, 0.15) is 43.0 Å². The number of carboxylic acid groups (broad SMARTS) is 1. The summed E-state index contributed by atoms with van der Waals surface area (Å²) in [5, 5.41) is 12.5. The monoisotopic (exact) mass is 254 g/mol. The summed E-state index contributed by atoms with van der Waals surface area (Å²) >= 11 is 6.03. The number of rotatable bonds is 4. The molecular formula is C12H15ClN2O2. The van der Waals surface area contributed by atoms with Crippen LogP contribution < -0.4 is 5.32 Å². The Morgan fingerprint density at radius 3 is 2.76 bits per heavy atom. The molecule has 0 aromatic carbocycles. The van der Waals surface area contributed by atoms with E-state index in [1.54, 1.807) is 0 Å². The number of hydrogen-bond donors (Lipinski definition) is 2. The summed E-state index contributed by atoms with van der Waals surface area (Å²) in [6.07, 6.45) is 5.79. The second kappa shape index (κ2) is 4.53. The molecule has 1 fully saturated rings. The van der Waals surface area contributed by atoms with Gasteiger partial charge in [-0.25, -0.2) is 9.78 Å². The highest BCUT2D eigenvalue weighted by atomic mass is 35.5. The van der Waals surface area contributed by atoms with Gasteiger partial charge in [-0.2, -0.15) is 0 Å². The molecule has 1 aromatic heterocycles. The largest absolute Gasteiger partial charge is 0.478 e. The van der Waals surface area contributed by atoms with Crippen molar-refractivity contribution in [3.05, 3.63) is 22.8 Å². The van der Waals surface area contributed by atoms with Crippen LogP contribution in [0.3, 0.4) is 0 Å². The van der Waals surface area contributed by atoms with Gasteiger partial charge in [0.25, 0.3) is 0 Å². The highest BCUT2D eigenvalue weighted by Gasteiger charge is 2.35. The Hall–Kier alpha value is -1.29. The second-order valence-electron chi connectivity index (χ2n) is 4.47. The fourth-order valence-electron chi connectivity index (χ4n) is 2.07. The summed E-state index contributed by atoms with van der Waals surface area (Å²) in [5.74, 6) is -0.432. The van der Waals surface area contributed by atoms with Crippen LogP contribution in [0, 0.1) is 0 Å². The molecule has 17 heavy (non-hydrogen) atoms. The van der Waals surface area contributed by atoms with E-state index in [9.17, 15) is 4.79 Å². The highest BCUT2D eigenvalue weighted by molar-refractivity contribution is 6.33. The van der Waals surface area contributed by atoms with Crippen molar-refractivity contribution in [2.75, 3.05) is 5.32 Å². The van der Waals surface area contributed by atoms with E-state index in [1.807, 2.05) is 0 Å². The van der Waals surface area contributed by atoms with E-state index < -0.39 is 5.97 Å². The third-order valence-electron chi connectivity index (χ3n) is 3.46. The van der Waals surface area contributed by atoms with Crippen molar-refractivity contribution < 1.29 is 9.90 Å². The van der Waals surface area contributed by atoms with Crippen LogP contribution in [-0.2, 0) is 0 Å². The van der Waals surface area contributed by atoms with Gasteiger partial charge < -0.3 is 10.4 Å². The van der Waals surface area contributed by atoms with Gasteiger partial charge in [0.1, 0.15) is 5.82 Å². The molecule has 0 unspecified atom stereocenters. The standard InChI is InChI=1S/C12H15ClN2O2/c1-2-12(4-3-5-12)15-10-9(13)6-8(7-14-10)11(16)17/h6-7H,2-5H2,1H3,(H,14,15)(H,16,17). The lowest BCUT2D eigenvalue weighted by Crippen LogP contribution is -2.44. The summed E-state index contributed by atoms with van der Waals surface area (Å²) in [6.45, 7) is 2.13. The second-order valence-corrected chi connectivity index (χ2v) is 4.88. The summed E-state index contributed by atoms with van der Waals surface area (Å²) < 4.78 is 0. The minimum absolute atomic E-state index is 0.0986. The number of anilines is 1. The van der Waals surface area contributed by atoms with Gasteiger partial charge in [0.05, 0.1) is 10.6 Å². The molecular weight excluding hydrogens is 240 g/mol. The predicted molar refractivity (Wildman–Crippen MR) is 66.7 cm³/mol. The first-order valence-corrected chi connectivity index (χ1v) is 6.11. The number of halogens is 1. The molecule has 2 N–H and O–H groups in total. The first-order valence-electron chi connectivity index (χ1n) is 5.73. The van der Waals surface area contributed by atoms with E-state index in [0.717, 1.165) is 19.3 Å². The maximum absolute atomic E-state index is 10.8. The highest BCUT2D eigenvalue weighted by Crippen LogP contribution is 2.38. The number of hydrogen-bond acceptors (Lipinski definition) is 3. The Bertz CT molecular complexity index is 439. The zero-order chi connectivity index (χ0) is 12.5. The van der Waals surface area contributed by atoms with Crippen molar-refractivity contribution in [2.45, 2.75) is 38.1 Å². The molecule has 0 radical (unpaired) electrons. The minimum Gasteiger partial charge on any atom is -0.478 e. The Morgan fingerprint density at radius 2 is 2.35 bits per heavy atom. The molecule has 1 heterocycles. The molecule has 4 nitrogen and oxygen atoms in total. The third-order valence-corrected chi connectivity index (χ3v) is 3.75. The molecule has 2 rings (SSSR count). The molecule has 0 saturated heterocycles. The van der Waals surface area contributed by atoms with Gasteiger partial charge in [-0.1, -0.05) is 18.5 Å². The van der Waals surface area contributed by atoms with E-state index in [4.69, 9.17) is 16.7 Å². The van der Waals surface area contributed by atoms with Crippen molar-refractivity contribution >= 4 is 23.4 Å². The van der Waals surface area contributed by atoms with E-state index >= 15 is 0 Å². The summed E-state index contributed by atoms with van der Waals surface area (Å²) in [4.78, 5) is 14.8. The molecule has 0 spiro atoms. The van der Waals surface area contributed by atoms with Crippen molar-refractivity contribution in [2.24, 2.45) is 0 Å². The topological polar surface area (TPSA) is 62.2 Å². The molecule has 0 atom stereocenters.